The molecule has 3 heteroatoms. The number of likely N-dealkylation sites (tertiary alicyclic amines) is 1. The maximum atomic E-state index is 5.94. The van der Waals surface area contributed by atoms with E-state index in [1.54, 1.807) is 0 Å². The topological polar surface area (TPSA) is 29.3 Å². The highest BCUT2D eigenvalue weighted by molar-refractivity contribution is 5.85. The van der Waals surface area contributed by atoms with Crippen molar-refractivity contribution in [1.29, 1.82) is 0 Å². The van der Waals surface area contributed by atoms with Gasteiger partial charge in [0.05, 0.1) is 0 Å². The number of nitrogens with zero attached hydrogens (tertiary/aromatic N) is 1. The molecule has 1 saturated carbocycles. The number of rotatable bonds is 2. The molecule has 0 radical (unpaired) electrons. The summed E-state index contributed by atoms with van der Waals surface area (Å²) < 4.78 is 0. The van der Waals surface area contributed by atoms with Gasteiger partial charge in [-0.2, -0.15) is 0 Å². The van der Waals surface area contributed by atoms with Crippen LogP contribution in [0.4, 0.5) is 0 Å². The second-order valence-corrected chi connectivity index (χ2v) is 5.45. The lowest BCUT2D eigenvalue weighted by atomic mass is 9.98. The Morgan fingerprint density at radius 3 is 2.67 bits per heavy atom. The number of piperidine rings is 1. The van der Waals surface area contributed by atoms with Crippen LogP contribution in [0.15, 0.2) is 0 Å². The van der Waals surface area contributed by atoms with Gasteiger partial charge in [-0.05, 0) is 50.5 Å². The van der Waals surface area contributed by atoms with E-state index >= 15 is 0 Å². The lowest BCUT2D eigenvalue weighted by Crippen LogP contribution is -2.37. The van der Waals surface area contributed by atoms with Crippen LogP contribution in [-0.2, 0) is 0 Å². The Morgan fingerprint density at radius 1 is 1.27 bits per heavy atom. The summed E-state index contributed by atoms with van der Waals surface area (Å²) in [6.45, 7) is 6.35. The van der Waals surface area contributed by atoms with Gasteiger partial charge < -0.3 is 10.6 Å². The fourth-order valence-electron chi connectivity index (χ4n) is 3.10. The molecule has 2 nitrogen and oxygen atoms in total. The Kier molecular flexibility index (Phi) is 5.37. The molecule has 0 spiro atoms. The van der Waals surface area contributed by atoms with Crippen LogP contribution in [0.2, 0.25) is 0 Å². The van der Waals surface area contributed by atoms with Crippen molar-refractivity contribution in [2.45, 2.75) is 45.1 Å². The van der Waals surface area contributed by atoms with E-state index in [-0.39, 0.29) is 12.4 Å². The molecule has 2 N–H and O–H groups in total. The summed E-state index contributed by atoms with van der Waals surface area (Å²) in [4.78, 5) is 2.66. The molecule has 0 bridgehead atoms. The van der Waals surface area contributed by atoms with Crippen molar-refractivity contribution in [1.82, 2.24) is 4.90 Å². The van der Waals surface area contributed by atoms with Crippen molar-refractivity contribution in [3.8, 4) is 0 Å². The molecule has 1 aliphatic carbocycles. The third-order valence-corrected chi connectivity index (χ3v) is 3.84. The summed E-state index contributed by atoms with van der Waals surface area (Å²) >= 11 is 0. The first-order valence-corrected chi connectivity index (χ1v) is 6.22. The molecule has 2 aliphatic rings. The molecule has 2 unspecified atom stereocenters. The third-order valence-electron chi connectivity index (χ3n) is 3.84. The molecule has 1 saturated heterocycles. The van der Waals surface area contributed by atoms with Gasteiger partial charge in [-0.1, -0.05) is 6.92 Å². The summed E-state index contributed by atoms with van der Waals surface area (Å²) in [5.41, 5.74) is 5.94. The molecule has 2 fully saturated rings. The highest BCUT2D eigenvalue weighted by Gasteiger charge is 2.25. The molecule has 0 aromatic rings. The fraction of sp³-hybridized carbons (Fsp3) is 1.00. The van der Waals surface area contributed by atoms with Crippen LogP contribution in [0, 0.1) is 11.8 Å². The zero-order chi connectivity index (χ0) is 9.97. The third kappa shape index (κ3) is 3.93. The second kappa shape index (κ2) is 6.07. The van der Waals surface area contributed by atoms with E-state index in [0.29, 0.717) is 6.04 Å². The maximum Gasteiger partial charge on any atom is 0.00420 e. The minimum atomic E-state index is 0. The quantitative estimate of drug-likeness (QED) is 0.792. The van der Waals surface area contributed by atoms with Crippen molar-refractivity contribution in [2.75, 3.05) is 19.6 Å². The number of hydrogen-bond acceptors (Lipinski definition) is 2. The van der Waals surface area contributed by atoms with Gasteiger partial charge in [-0.3, -0.25) is 0 Å². The molecule has 3 atom stereocenters. The van der Waals surface area contributed by atoms with E-state index in [9.17, 15) is 0 Å². The van der Waals surface area contributed by atoms with Crippen LogP contribution in [-0.4, -0.2) is 30.6 Å². The highest BCUT2D eigenvalue weighted by Crippen LogP contribution is 2.26. The number of hydrogen-bond donors (Lipinski definition) is 1. The first kappa shape index (κ1) is 13.3. The van der Waals surface area contributed by atoms with Gasteiger partial charge in [0, 0.05) is 19.1 Å². The Balaban J connectivity index is 0.00000112. The molecule has 0 aromatic heterocycles. The molecule has 90 valence electrons. The van der Waals surface area contributed by atoms with E-state index in [1.807, 2.05) is 0 Å². The molecule has 2 rings (SSSR count). The van der Waals surface area contributed by atoms with Crippen molar-refractivity contribution in [3.63, 3.8) is 0 Å². The number of halogens is 1. The van der Waals surface area contributed by atoms with Gasteiger partial charge in [-0.25, -0.2) is 0 Å². The van der Waals surface area contributed by atoms with Crippen LogP contribution in [0.3, 0.4) is 0 Å². The molecule has 1 aliphatic heterocycles. The minimum Gasteiger partial charge on any atom is -0.328 e. The van der Waals surface area contributed by atoms with E-state index in [4.69, 9.17) is 5.73 Å². The van der Waals surface area contributed by atoms with Crippen molar-refractivity contribution in [3.05, 3.63) is 0 Å². The summed E-state index contributed by atoms with van der Waals surface area (Å²) in [5, 5.41) is 0. The first-order valence-electron chi connectivity index (χ1n) is 6.22. The molecule has 0 amide bonds. The zero-order valence-electron chi connectivity index (χ0n) is 9.82. The summed E-state index contributed by atoms with van der Waals surface area (Å²) in [5.74, 6) is 1.81. The van der Waals surface area contributed by atoms with Crippen LogP contribution in [0.1, 0.15) is 39.0 Å². The maximum absolute atomic E-state index is 5.94. The van der Waals surface area contributed by atoms with Crippen LogP contribution < -0.4 is 5.73 Å². The minimum absolute atomic E-state index is 0. The average Bonchev–Trinajstić information content (AvgIpc) is 2.51. The summed E-state index contributed by atoms with van der Waals surface area (Å²) in [6.07, 6.45) is 6.73. The molecular formula is C12H25ClN2. The van der Waals surface area contributed by atoms with E-state index in [1.165, 1.54) is 51.7 Å². The summed E-state index contributed by atoms with van der Waals surface area (Å²) in [7, 11) is 0. The Hall–Kier alpha value is 0.210. The Labute approximate surface area is 100.0 Å². The van der Waals surface area contributed by atoms with E-state index in [2.05, 4.69) is 11.8 Å². The lowest BCUT2D eigenvalue weighted by Gasteiger charge is -2.32. The van der Waals surface area contributed by atoms with Gasteiger partial charge in [-0.15, -0.1) is 12.4 Å². The van der Waals surface area contributed by atoms with E-state index in [0.717, 1.165) is 11.8 Å². The van der Waals surface area contributed by atoms with Crippen molar-refractivity contribution in [2.24, 2.45) is 17.6 Å². The highest BCUT2D eigenvalue weighted by atomic mass is 35.5. The Bertz CT molecular complexity index is 186. The smallest absolute Gasteiger partial charge is 0.00420 e. The predicted molar refractivity (Wildman–Crippen MR) is 67.4 cm³/mol. The van der Waals surface area contributed by atoms with Crippen LogP contribution in [0.25, 0.3) is 0 Å². The van der Waals surface area contributed by atoms with Gasteiger partial charge >= 0.3 is 0 Å². The monoisotopic (exact) mass is 232 g/mol. The first-order chi connectivity index (χ1) is 6.74. The molecule has 0 aromatic carbocycles. The second-order valence-electron chi connectivity index (χ2n) is 5.45. The normalized spacial score (nSPS) is 37.6. The molecule has 15 heavy (non-hydrogen) atoms. The van der Waals surface area contributed by atoms with Gasteiger partial charge in [0.15, 0.2) is 0 Å². The van der Waals surface area contributed by atoms with Crippen molar-refractivity contribution < 1.29 is 0 Å². The Morgan fingerprint density at radius 2 is 2.07 bits per heavy atom. The van der Waals surface area contributed by atoms with Gasteiger partial charge in [0.1, 0.15) is 0 Å². The standard InChI is InChI=1S/C12H24N2.ClH/c1-10-3-2-6-14(8-10)9-11-4-5-12(13)7-11;/h10-12H,2-9,13H2,1H3;1H/t10-,11?,12?;/m0./s1. The molecular weight excluding hydrogens is 208 g/mol. The largest absolute Gasteiger partial charge is 0.328 e. The zero-order valence-corrected chi connectivity index (χ0v) is 10.6. The van der Waals surface area contributed by atoms with Crippen LogP contribution in [0.5, 0.6) is 0 Å². The number of nitrogens with two attached hydrogens (primary N) is 1. The van der Waals surface area contributed by atoms with E-state index < -0.39 is 0 Å². The predicted octanol–water partition coefficient (Wildman–Crippen LogP) is 2.27. The summed E-state index contributed by atoms with van der Waals surface area (Å²) in [6, 6.07) is 0.502. The van der Waals surface area contributed by atoms with Crippen molar-refractivity contribution >= 4 is 12.4 Å². The van der Waals surface area contributed by atoms with Gasteiger partial charge in [0.2, 0.25) is 0 Å². The van der Waals surface area contributed by atoms with Crippen LogP contribution >= 0.6 is 12.4 Å². The average molecular weight is 233 g/mol. The lowest BCUT2D eigenvalue weighted by molar-refractivity contribution is 0.159. The fourth-order valence-corrected chi connectivity index (χ4v) is 3.10. The molecule has 1 heterocycles. The van der Waals surface area contributed by atoms with Gasteiger partial charge in [0.25, 0.3) is 0 Å². The SMILES string of the molecule is C[C@H]1CCCN(CC2CCC(N)C2)C1.Cl.